The van der Waals surface area contributed by atoms with Crippen molar-refractivity contribution in [2.45, 2.75) is 64.2 Å². The standard InChI is InChI=1S/C19H26FN3O5S/c1-10(2)13-7-12(20)8-14(11(3)4)16(13)22-17(24)23-29(26,27)18-21-15(9-28-18)19(5,6)25/h7-11,25H,1-6H3,(H2,22,23,24). The molecule has 1 heterocycles. The molecular weight excluding hydrogens is 401 g/mol. The van der Waals surface area contributed by atoms with E-state index < -0.39 is 32.7 Å². The Bertz CT molecular complexity index is 978. The van der Waals surface area contributed by atoms with E-state index >= 15 is 0 Å². The molecule has 2 amide bonds. The third kappa shape index (κ3) is 5.33. The fourth-order valence-corrected chi connectivity index (χ4v) is 3.45. The molecule has 8 nitrogen and oxygen atoms in total. The molecule has 0 saturated heterocycles. The first-order chi connectivity index (χ1) is 13.2. The molecule has 0 aliphatic carbocycles. The van der Waals surface area contributed by atoms with E-state index in [4.69, 9.17) is 4.42 Å². The molecule has 29 heavy (non-hydrogen) atoms. The van der Waals surface area contributed by atoms with Crippen molar-refractivity contribution in [3.8, 4) is 0 Å². The van der Waals surface area contributed by atoms with Gasteiger partial charge in [-0.1, -0.05) is 27.7 Å². The van der Waals surface area contributed by atoms with Crippen LogP contribution in [0.2, 0.25) is 0 Å². The summed E-state index contributed by atoms with van der Waals surface area (Å²) in [7, 11) is -4.42. The van der Waals surface area contributed by atoms with Gasteiger partial charge < -0.3 is 14.8 Å². The summed E-state index contributed by atoms with van der Waals surface area (Å²) in [5.74, 6) is -0.665. The second-order valence-electron chi connectivity index (χ2n) is 7.89. The number of aromatic nitrogens is 1. The van der Waals surface area contributed by atoms with Crippen LogP contribution in [0.1, 0.15) is 70.2 Å². The summed E-state index contributed by atoms with van der Waals surface area (Å²) in [4.78, 5) is 16.1. The predicted molar refractivity (Wildman–Crippen MR) is 106 cm³/mol. The fraction of sp³-hybridized carbons (Fsp3) is 0.474. The van der Waals surface area contributed by atoms with Crippen LogP contribution in [0.15, 0.2) is 28.0 Å². The van der Waals surface area contributed by atoms with Gasteiger partial charge in [0.05, 0.1) is 0 Å². The zero-order valence-corrected chi connectivity index (χ0v) is 18.0. The Morgan fingerprint density at radius 2 is 1.69 bits per heavy atom. The highest BCUT2D eigenvalue weighted by molar-refractivity contribution is 7.89. The van der Waals surface area contributed by atoms with Crippen molar-refractivity contribution in [2.24, 2.45) is 0 Å². The van der Waals surface area contributed by atoms with Crippen molar-refractivity contribution in [3.05, 3.63) is 41.0 Å². The molecule has 0 aliphatic heterocycles. The molecule has 0 saturated carbocycles. The number of rotatable bonds is 6. The Balaban J connectivity index is 2.32. The largest absolute Gasteiger partial charge is 0.435 e. The Labute approximate surface area is 169 Å². The van der Waals surface area contributed by atoms with E-state index in [1.807, 2.05) is 32.4 Å². The summed E-state index contributed by atoms with van der Waals surface area (Å²) >= 11 is 0. The average molecular weight is 427 g/mol. The van der Waals surface area contributed by atoms with E-state index in [0.29, 0.717) is 16.8 Å². The third-order valence-corrected chi connectivity index (χ3v) is 5.31. The molecule has 0 radical (unpaired) electrons. The number of amides is 2. The maximum Gasteiger partial charge on any atom is 0.336 e. The third-order valence-electron chi connectivity index (χ3n) is 4.21. The number of carbonyl (C=O) groups is 1. The highest BCUT2D eigenvalue weighted by atomic mass is 32.2. The molecule has 0 fully saturated rings. The minimum absolute atomic E-state index is 0.000931. The number of nitrogens with one attached hydrogen (secondary N) is 2. The predicted octanol–water partition coefficient (Wildman–Crippen LogP) is 3.80. The van der Waals surface area contributed by atoms with Crippen LogP contribution in [0, 0.1) is 5.82 Å². The molecule has 0 aliphatic rings. The number of oxazole rings is 1. The van der Waals surface area contributed by atoms with Crippen LogP contribution in [0.4, 0.5) is 14.9 Å². The molecule has 0 bridgehead atoms. The van der Waals surface area contributed by atoms with Crippen molar-refractivity contribution in [1.82, 2.24) is 9.71 Å². The van der Waals surface area contributed by atoms with E-state index in [9.17, 15) is 22.7 Å². The number of sulfonamides is 1. The highest BCUT2D eigenvalue weighted by Gasteiger charge is 2.29. The number of urea groups is 1. The van der Waals surface area contributed by atoms with Gasteiger partial charge >= 0.3 is 21.3 Å². The number of hydrogen-bond donors (Lipinski definition) is 3. The van der Waals surface area contributed by atoms with Gasteiger partial charge in [-0.05, 0) is 48.9 Å². The molecule has 0 unspecified atom stereocenters. The van der Waals surface area contributed by atoms with Crippen molar-refractivity contribution >= 4 is 21.7 Å². The maximum atomic E-state index is 14.0. The van der Waals surface area contributed by atoms with Crippen LogP contribution in [0.3, 0.4) is 0 Å². The molecule has 0 spiro atoms. The van der Waals surface area contributed by atoms with Gasteiger partial charge in [0.2, 0.25) is 0 Å². The van der Waals surface area contributed by atoms with Gasteiger partial charge in [-0.3, -0.25) is 0 Å². The number of benzene rings is 1. The summed E-state index contributed by atoms with van der Waals surface area (Å²) in [5.41, 5.74) is 0.0319. The fourth-order valence-electron chi connectivity index (χ4n) is 2.67. The molecule has 2 aromatic rings. The minimum Gasteiger partial charge on any atom is -0.435 e. The normalized spacial score (nSPS) is 12.5. The maximum absolute atomic E-state index is 14.0. The second kappa shape index (κ2) is 8.11. The number of aliphatic hydroxyl groups is 1. The summed E-state index contributed by atoms with van der Waals surface area (Å²) in [5, 5.41) is 11.6. The summed E-state index contributed by atoms with van der Waals surface area (Å²) < 4.78 is 45.5. The van der Waals surface area contributed by atoms with E-state index in [0.717, 1.165) is 6.26 Å². The summed E-state index contributed by atoms with van der Waals surface area (Å²) in [6.07, 6.45) is 1.00. The smallest absolute Gasteiger partial charge is 0.336 e. The second-order valence-corrected chi connectivity index (χ2v) is 9.45. The van der Waals surface area contributed by atoms with Gasteiger partial charge in [0.1, 0.15) is 23.4 Å². The topological polar surface area (TPSA) is 122 Å². The van der Waals surface area contributed by atoms with Crippen molar-refractivity contribution < 1.29 is 27.1 Å². The van der Waals surface area contributed by atoms with Crippen LogP contribution in [-0.2, 0) is 15.6 Å². The van der Waals surface area contributed by atoms with E-state index in [2.05, 4.69) is 10.3 Å². The summed E-state index contributed by atoms with van der Waals surface area (Å²) in [6, 6.07) is 1.58. The van der Waals surface area contributed by atoms with Gasteiger partial charge in [-0.25, -0.2) is 13.9 Å². The quantitative estimate of drug-likeness (QED) is 0.645. The molecule has 160 valence electrons. The van der Waals surface area contributed by atoms with Crippen LogP contribution in [-0.4, -0.2) is 24.5 Å². The summed E-state index contributed by atoms with van der Waals surface area (Å²) in [6.45, 7) is 10.2. The minimum atomic E-state index is -4.42. The van der Waals surface area contributed by atoms with Crippen molar-refractivity contribution in [1.29, 1.82) is 0 Å². The zero-order chi connectivity index (χ0) is 22.1. The Kier molecular flexibility index (Phi) is 6.39. The van der Waals surface area contributed by atoms with Gasteiger partial charge in [0.15, 0.2) is 0 Å². The first kappa shape index (κ1) is 22.8. The number of nitrogens with zero attached hydrogens (tertiary/aromatic N) is 1. The lowest BCUT2D eigenvalue weighted by Crippen LogP contribution is -2.35. The van der Waals surface area contributed by atoms with Gasteiger partial charge in [0, 0.05) is 5.69 Å². The lowest BCUT2D eigenvalue weighted by molar-refractivity contribution is 0.0736. The van der Waals surface area contributed by atoms with Crippen LogP contribution < -0.4 is 10.0 Å². The lowest BCUT2D eigenvalue weighted by Gasteiger charge is -2.20. The number of hydrogen-bond acceptors (Lipinski definition) is 6. The van der Waals surface area contributed by atoms with Gasteiger partial charge in [-0.15, -0.1) is 0 Å². The molecule has 1 aromatic carbocycles. The zero-order valence-electron chi connectivity index (χ0n) is 17.2. The van der Waals surface area contributed by atoms with Crippen LogP contribution in [0.5, 0.6) is 0 Å². The first-order valence-corrected chi connectivity index (χ1v) is 10.6. The van der Waals surface area contributed by atoms with Gasteiger partial charge in [0.25, 0.3) is 0 Å². The van der Waals surface area contributed by atoms with Crippen molar-refractivity contribution in [2.75, 3.05) is 5.32 Å². The average Bonchev–Trinajstić information content (AvgIpc) is 3.06. The molecule has 1 aromatic heterocycles. The SMILES string of the molecule is CC(C)c1cc(F)cc(C(C)C)c1NC(=O)NS(=O)(=O)c1nc(C(C)(C)O)co1. The monoisotopic (exact) mass is 427 g/mol. The Morgan fingerprint density at radius 3 is 2.10 bits per heavy atom. The Hall–Kier alpha value is -2.46. The highest BCUT2D eigenvalue weighted by Crippen LogP contribution is 2.33. The van der Waals surface area contributed by atoms with Crippen LogP contribution in [0.25, 0.3) is 0 Å². The van der Waals surface area contributed by atoms with Crippen LogP contribution >= 0.6 is 0 Å². The number of carbonyl (C=O) groups excluding carboxylic acids is 1. The molecular formula is C19H26FN3O5S. The molecule has 10 heteroatoms. The first-order valence-electron chi connectivity index (χ1n) is 9.08. The van der Waals surface area contributed by atoms with Crippen molar-refractivity contribution in [3.63, 3.8) is 0 Å². The molecule has 3 N–H and O–H groups in total. The van der Waals surface area contributed by atoms with E-state index in [-0.39, 0.29) is 17.5 Å². The number of halogens is 1. The number of anilines is 1. The molecule has 2 rings (SSSR count). The van der Waals surface area contributed by atoms with Gasteiger partial charge in [-0.2, -0.15) is 13.4 Å². The Morgan fingerprint density at radius 1 is 1.17 bits per heavy atom. The molecule has 0 atom stereocenters. The van der Waals surface area contributed by atoms with E-state index in [1.165, 1.54) is 26.0 Å². The van der Waals surface area contributed by atoms with E-state index in [1.54, 1.807) is 0 Å². The lowest BCUT2D eigenvalue weighted by atomic mass is 9.92.